The van der Waals surface area contributed by atoms with Crippen molar-refractivity contribution in [3.05, 3.63) is 12.2 Å². The number of nitrogens with zero attached hydrogens (tertiary/aromatic N) is 3. The van der Waals surface area contributed by atoms with E-state index in [1.165, 1.54) is 0 Å². The highest BCUT2D eigenvalue weighted by Gasteiger charge is 2.11. The molecule has 0 aromatic carbocycles. The molecule has 1 unspecified atom stereocenters. The Hall–Kier alpha value is -0.940. The number of hydrogen-bond donors (Lipinski definition) is 1. The zero-order chi connectivity index (χ0) is 12.5. The normalized spacial score (nSPS) is 12.9. The SMILES string of the molecule is CCNC(CCCOCC)Cc1ncnn1C. The average molecular weight is 240 g/mol. The van der Waals surface area contributed by atoms with E-state index in [0.717, 1.165) is 44.8 Å². The Morgan fingerprint density at radius 1 is 1.47 bits per heavy atom. The highest BCUT2D eigenvalue weighted by molar-refractivity contribution is 4.88. The van der Waals surface area contributed by atoms with Crippen LogP contribution < -0.4 is 5.32 Å². The van der Waals surface area contributed by atoms with Gasteiger partial charge in [0.15, 0.2) is 0 Å². The highest BCUT2D eigenvalue weighted by Crippen LogP contribution is 2.05. The summed E-state index contributed by atoms with van der Waals surface area (Å²) < 4.78 is 7.20. The first-order valence-electron chi connectivity index (χ1n) is 6.41. The third-order valence-corrected chi connectivity index (χ3v) is 2.77. The van der Waals surface area contributed by atoms with E-state index in [4.69, 9.17) is 4.74 Å². The lowest BCUT2D eigenvalue weighted by molar-refractivity contribution is 0.140. The second-order valence-corrected chi connectivity index (χ2v) is 4.10. The van der Waals surface area contributed by atoms with Crippen LogP contribution in [0.2, 0.25) is 0 Å². The molecular weight excluding hydrogens is 216 g/mol. The van der Waals surface area contributed by atoms with E-state index in [-0.39, 0.29) is 0 Å². The van der Waals surface area contributed by atoms with Gasteiger partial charge in [0.1, 0.15) is 12.2 Å². The predicted octanol–water partition coefficient (Wildman–Crippen LogP) is 1.15. The standard InChI is InChI=1S/C12H24N4O/c1-4-13-11(7-6-8-17-5-2)9-12-14-10-15-16(12)3/h10-11,13H,4-9H2,1-3H3. The van der Waals surface area contributed by atoms with Crippen molar-refractivity contribution in [3.8, 4) is 0 Å². The van der Waals surface area contributed by atoms with E-state index in [2.05, 4.69) is 22.3 Å². The number of aromatic nitrogens is 3. The van der Waals surface area contributed by atoms with Crippen LogP contribution in [0.3, 0.4) is 0 Å². The minimum Gasteiger partial charge on any atom is -0.382 e. The van der Waals surface area contributed by atoms with Crippen molar-refractivity contribution in [2.45, 2.75) is 39.2 Å². The second kappa shape index (κ2) is 8.20. The van der Waals surface area contributed by atoms with Gasteiger partial charge in [-0.3, -0.25) is 4.68 Å². The smallest absolute Gasteiger partial charge is 0.138 e. The molecule has 0 saturated carbocycles. The summed E-state index contributed by atoms with van der Waals surface area (Å²) in [5.41, 5.74) is 0. The van der Waals surface area contributed by atoms with E-state index in [1.54, 1.807) is 6.33 Å². The molecule has 0 amide bonds. The fourth-order valence-corrected chi connectivity index (χ4v) is 1.87. The van der Waals surface area contributed by atoms with Crippen molar-refractivity contribution in [2.24, 2.45) is 7.05 Å². The molecule has 1 atom stereocenters. The Balaban J connectivity index is 2.35. The second-order valence-electron chi connectivity index (χ2n) is 4.10. The van der Waals surface area contributed by atoms with Gasteiger partial charge >= 0.3 is 0 Å². The maximum absolute atomic E-state index is 5.36. The Morgan fingerprint density at radius 3 is 2.88 bits per heavy atom. The molecular formula is C12H24N4O. The fraction of sp³-hybridized carbons (Fsp3) is 0.833. The molecule has 0 spiro atoms. The predicted molar refractivity (Wildman–Crippen MR) is 67.9 cm³/mol. The summed E-state index contributed by atoms with van der Waals surface area (Å²) in [6, 6.07) is 0.461. The van der Waals surface area contributed by atoms with Crippen molar-refractivity contribution in [1.82, 2.24) is 20.1 Å². The zero-order valence-corrected chi connectivity index (χ0v) is 11.1. The molecule has 0 aliphatic carbocycles. The number of nitrogens with one attached hydrogen (secondary N) is 1. The minimum absolute atomic E-state index is 0.461. The molecule has 0 fully saturated rings. The number of hydrogen-bond acceptors (Lipinski definition) is 4. The third kappa shape index (κ3) is 5.28. The number of rotatable bonds is 9. The van der Waals surface area contributed by atoms with Crippen LogP contribution >= 0.6 is 0 Å². The van der Waals surface area contributed by atoms with Gasteiger partial charge in [-0.1, -0.05) is 6.92 Å². The van der Waals surface area contributed by atoms with Crippen molar-refractivity contribution in [3.63, 3.8) is 0 Å². The quantitative estimate of drug-likeness (QED) is 0.658. The van der Waals surface area contributed by atoms with Gasteiger partial charge in [0.2, 0.25) is 0 Å². The van der Waals surface area contributed by atoms with E-state index in [1.807, 2.05) is 18.7 Å². The van der Waals surface area contributed by atoms with Crippen LogP contribution in [0.4, 0.5) is 0 Å². The summed E-state index contributed by atoms with van der Waals surface area (Å²) in [5.74, 6) is 1.03. The summed E-state index contributed by atoms with van der Waals surface area (Å²) in [6.45, 7) is 6.79. The molecule has 1 N–H and O–H groups in total. The van der Waals surface area contributed by atoms with Crippen LogP contribution in [0.5, 0.6) is 0 Å². The van der Waals surface area contributed by atoms with E-state index in [0.29, 0.717) is 6.04 Å². The summed E-state index contributed by atoms with van der Waals surface area (Å²) in [5, 5.41) is 7.58. The Labute approximate surface area is 104 Å². The Bertz CT molecular complexity index is 300. The third-order valence-electron chi connectivity index (χ3n) is 2.77. The molecule has 1 rings (SSSR count). The van der Waals surface area contributed by atoms with Crippen LogP contribution in [-0.2, 0) is 18.2 Å². The lowest BCUT2D eigenvalue weighted by Gasteiger charge is -2.17. The molecule has 98 valence electrons. The molecule has 0 radical (unpaired) electrons. The molecule has 1 aromatic rings. The van der Waals surface area contributed by atoms with Gasteiger partial charge in [-0.2, -0.15) is 5.10 Å². The molecule has 0 aliphatic heterocycles. The maximum atomic E-state index is 5.36. The van der Waals surface area contributed by atoms with Gasteiger partial charge in [-0.15, -0.1) is 0 Å². The van der Waals surface area contributed by atoms with Crippen LogP contribution in [0.1, 0.15) is 32.5 Å². The molecule has 5 nitrogen and oxygen atoms in total. The molecule has 5 heteroatoms. The van der Waals surface area contributed by atoms with Crippen molar-refractivity contribution < 1.29 is 4.74 Å². The first kappa shape index (κ1) is 14.1. The molecule has 0 saturated heterocycles. The van der Waals surface area contributed by atoms with Gasteiger partial charge in [-0.25, -0.2) is 4.98 Å². The van der Waals surface area contributed by atoms with Crippen molar-refractivity contribution >= 4 is 0 Å². The van der Waals surface area contributed by atoms with Crippen LogP contribution in [0.25, 0.3) is 0 Å². The van der Waals surface area contributed by atoms with Crippen LogP contribution in [0, 0.1) is 0 Å². The molecule has 1 heterocycles. The Morgan fingerprint density at radius 2 is 2.29 bits per heavy atom. The summed E-state index contributed by atoms with van der Waals surface area (Å²) in [4.78, 5) is 4.26. The average Bonchev–Trinajstić information content (AvgIpc) is 2.71. The lowest BCUT2D eigenvalue weighted by Crippen LogP contribution is -2.32. The van der Waals surface area contributed by atoms with Crippen molar-refractivity contribution in [1.29, 1.82) is 0 Å². The topological polar surface area (TPSA) is 52.0 Å². The van der Waals surface area contributed by atoms with Gasteiger partial charge < -0.3 is 10.1 Å². The lowest BCUT2D eigenvalue weighted by atomic mass is 10.1. The number of aryl methyl sites for hydroxylation is 1. The molecule has 17 heavy (non-hydrogen) atoms. The zero-order valence-electron chi connectivity index (χ0n) is 11.1. The largest absolute Gasteiger partial charge is 0.382 e. The van der Waals surface area contributed by atoms with Gasteiger partial charge in [0, 0.05) is 32.7 Å². The van der Waals surface area contributed by atoms with E-state index in [9.17, 15) is 0 Å². The number of ether oxygens (including phenoxy) is 1. The first-order chi connectivity index (χ1) is 8.27. The fourth-order valence-electron chi connectivity index (χ4n) is 1.87. The molecule has 0 aliphatic rings. The molecule has 1 aromatic heterocycles. The minimum atomic E-state index is 0.461. The summed E-state index contributed by atoms with van der Waals surface area (Å²) in [7, 11) is 1.94. The molecule has 0 bridgehead atoms. The monoisotopic (exact) mass is 240 g/mol. The maximum Gasteiger partial charge on any atom is 0.138 e. The first-order valence-corrected chi connectivity index (χ1v) is 6.41. The summed E-state index contributed by atoms with van der Waals surface area (Å²) >= 11 is 0. The van der Waals surface area contributed by atoms with Gasteiger partial charge in [-0.05, 0) is 26.3 Å². The van der Waals surface area contributed by atoms with Crippen LogP contribution in [-0.4, -0.2) is 40.6 Å². The van der Waals surface area contributed by atoms with Gasteiger partial charge in [0.05, 0.1) is 0 Å². The summed E-state index contributed by atoms with van der Waals surface area (Å²) in [6.07, 6.45) is 4.74. The van der Waals surface area contributed by atoms with E-state index < -0.39 is 0 Å². The highest BCUT2D eigenvalue weighted by atomic mass is 16.5. The van der Waals surface area contributed by atoms with Crippen LogP contribution in [0.15, 0.2) is 6.33 Å². The van der Waals surface area contributed by atoms with Crippen molar-refractivity contribution in [2.75, 3.05) is 19.8 Å². The Kier molecular flexibility index (Phi) is 6.81. The number of likely N-dealkylation sites (N-methyl/N-ethyl adjacent to an activating group) is 1. The van der Waals surface area contributed by atoms with Gasteiger partial charge in [0.25, 0.3) is 0 Å². The van der Waals surface area contributed by atoms with E-state index >= 15 is 0 Å².